The van der Waals surface area contributed by atoms with Crippen molar-refractivity contribution in [3.63, 3.8) is 0 Å². The Hall–Kier alpha value is -2.90. The first-order chi connectivity index (χ1) is 12.3. The van der Waals surface area contributed by atoms with Crippen LogP contribution in [0.4, 0.5) is 13.2 Å². The smallest absolute Gasteiger partial charge is 0.475 e. The molecule has 2 aromatic rings. The zero-order valence-corrected chi connectivity index (χ0v) is 14.0. The molecule has 140 valence electrons. The number of aromatic nitrogens is 1. The van der Waals surface area contributed by atoms with Gasteiger partial charge in [-0.15, -0.1) is 0 Å². The number of carbonyl (C=O) groups excluding carboxylic acids is 1. The standard InChI is InChI=1S/C16H18N2O.C2HF3O2/c1-2-6-15(13-7-4-3-5-8-13)18-16(19)14-9-11-17-12-10-14;3-2(4,5)1(6)7/h3-5,7-12,15H,2,6H2,1H3,(H,18,19);(H,6,7). The van der Waals surface area contributed by atoms with E-state index >= 15 is 0 Å². The van der Waals surface area contributed by atoms with Gasteiger partial charge in [-0.3, -0.25) is 9.78 Å². The number of benzene rings is 1. The number of hydrogen-bond donors (Lipinski definition) is 2. The predicted octanol–water partition coefficient (Wildman–Crippen LogP) is 3.99. The van der Waals surface area contributed by atoms with Crippen LogP contribution in [-0.4, -0.2) is 28.1 Å². The number of amides is 1. The molecular formula is C18H19F3N2O3. The van der Waals surface area contributed by atoms with Crippen molar-refractivity contribution in [3.05, 3.63) is 66.0 Å². The van der Waals surface area contributed by atoms with Gasteiger partial charge in [-0.25, -0.2) is 4.79 Å². The molecule has 2 N–H and O–H groups in total. The molecule has 1 amide bonds. The molecule has 1 aromatic carbocycles. The van der Waals surface area contributed by atoms with Gasteiger partial charge in [0.05, 0.1) is 6.04 Å². The lowest BCUT2D eigenvalue weighted by molar-refractivity contribution is -0.192. The number of halogens is 3. The summed E-state index contributed by atoms with van der Waals surface area (Å²) in [6.45, 7) is 2.12. The van der Waals surface area contributed by atoms with Crippen LogP contribution in [0.1, 0.15) is 41.7 Å². The highest BCUT2D eigenvalue weighted by Gasteiger charge is 2.38. The second kappa shape index (κ2) is 10.2. The molecule has 1 atom stereocenters. The lowest BCUT2D eigenvalue weighted by Gasteiger charge is -2.18. The molecule has 1 heterocycles. The third-order valence-electron chi connectivity index (χ3n) is 3.27. The fraction of sp³-hybridized carbons (Fsp3) is 0.278. The summed E-state index contributed by atoms with van der Waals surface area (Å²) in [6.07, 6.45) is 0.134. The fourth-order valence-electron chi connectivity index (χ4n) is 2.04. The quantitative estimate of drug-likeness (QED) is 0.836. The van der Waals surface area contributed by atoms with E-state index in [1.807, 2.05) is 30.3 Å². The van der Waals surface area contributed by atoms with Gasteiger partial charge < -0.3 is 10.4 Å². The Morgan fingerprint density at radius 2 is 1.65 bits per heavy atom. The van der Waals surface area contributed by atoms with E-state index in [1.165, 1.54) is 0 Å². The molecular weight excluding hydrogens is 349 g/mol. The van der Waals surface area contributed by atoms with Crippen LogP contribution in [0.15, 0.2) is 54.9 Å². The van der Waals surface area contributed by atoms with Gasteiger partial charge in [-0.2, -0.15) is 13.2 Å². The van der Waals surface area contributed by atoms with Crippen LogP contribution in [0.25, 0.3) is 0 Å². The highest BCUT2D eigenvalue weighted by molar-refractivity contribution is 5.94. The van der Waals surface area contributed by atoms with E-state index < -0.39 is 12.1 Å². The van der Waals surface area contributed by atoms with E-state index in [9.17, 15) is 18.0 Å². The van der Waals surface area contributed by atoms with Crippen LogP contribution in [-0.2, 0) is 4.79 Å². The van der Waals surface area contributed by atoms with Crippen molar-refractivity contribution in [2.75, 3.05) is 0 Å². The first-order valence-electron chi connectivity index (χ1n) is 7.81. The predicted molar refractivity (Wildman–Crippen MR) is 89.5 cm³/mol. The summed E-state index contributed by atoms with van der Waals surface area (Å²) in [6, 6.07) is 13.6. The molecule has 0 spiro atoms. The number of carboxylic acids is 1. The minimum absolute atomic E-state index is 0.0512. The van der Waals surface area contributed by atoms with Crippen molar-refractivity contribution < 1.29 is 27.9 Å². The van der Waals surface area contributed by atoms with Crippen molar-refractivity contribution in [2.45, 2.75) is 32.0 Å². The molecule has 2 rings (SSSR count). The molecule has 26 heavy (non-hydrogen) atoms. The maximum atomic E-state index is 12.2. The van der Waals surface area contributed by atoms with Crippen LogP contribution < -0.4 is 5.32 Å². The lowest BCUT2D eigenvalue weighted by atomic mass is 10.0. The molecule has 5 nitrogen and oxygen atoms in total. The molecule has 1 aromatic heterocycles. The molecule has 0 fully saturated rings. The van der Waals surface area contributed by atoms with E-state index in [-0.39, 0.29) is 11.9 Å². The van der Waals surface area contributed by atoms with Crippen molar-refractivity contribution in [1.82, 2.24) is 10.3 Å². The van der Waals surface area contributed by atoms with Gasteiger partial charge >= 0.3 is 12.1 Å². The summed E-state index contributed by atoms with van der Waals surface area (Å²) in [5.41, 5.74) is 1.79. The average molecular weight is 368 g/mol. The maximum Gasteiger partial charge on any atom is 0.490 e. The molecule has 0 aliphatic heterocycles. The van der Waals surface area contributed by atoms with E-state index in [0.29, 0.717) is 5.56 Å². The molecule has 1 unspecified atom stereocenters. The van der Waals surface area contributed by atoms with Gasteiger partial charge in [-0.1, -0.05) is 43.7 Å². The first-order valence-corrected chi connectivity index (χ1v) is 7.81. The molecule has 0 saturated heterocycles. The molecule has 8 heteroatoms. The second-order valence-corrected chi connectivity index (χ2v) is 5.26. The fourth-order valence-corrected chi connectivity index (χ4v) is 2.04. The van der Waals surface area contributed by atoms with Crippen LogP contribution in [0.3, 0.4) is 0 Å². The van der Waals surface area contributed by atoms with Crippen molar-refractivity contribution in [3.8, 4) is 0 Å². The van der Waals surface area contributed by atoms with Crippen LogP contribution in [0, 0.1) is 0 Å². The Morgan fingerprint density at radius 3 is 2.12 bits per heavy atom. The van der Waals surface area contributed by atoms with Crippen LogP contribution in [0.2, 0.25) is 0 Å². The Labute approximate surface area is 148 Å². The third-order valence-corrected chi connectivity index (χ3v) is 3.27. The Kier molecular flexibility index (Phi) is 8.27. The van der Waals surface area contributed by atoms with E-state index in [4.69, 9.17) is 9.90 Å². The van der Waals surface area contributed by atoms with E-state index in [0.717, 1.165) is 18.4 Å². The third kappa shape index (κ3) is 7.33. The number of pyridine rings is 1. The monoisotopic (exact) mass is 368 g/mol. The number of carbonyl (C=O) groups is 2. The van der Waals surface area contributed by atoms with E-state index in [1.54, 1.807) is 24.5 Å². The maximum absolute atomic E-state index is 12.2. The zero-order valence-electron chi connectivity index (χ0n) is 14.0. The lowest BCUT2D eigenvalue weighted by Crippen LogP contribution is -2.28. The molecule has 0 bridgehead atoms. The zero-order chi connectivity index (χ0) is 19.6. The number of carboxylic acid groups (broad SMARTS) is 1. The minimum atomic E-state index is -5.08. The second-order valence-electron chi connectivity index (χ2n) is 5.26. The topological polar surface area (TPSA) is 79.3 Å². The molecule has 0 aliphatic rings. The average Bonchev–Trinajstić information content (AvgIpc) is 2.62. The number of alkyl halides is 3. The highest BCUT2D eigenvalue weighted by atomic mass is 19.4. The van der Waals surface area contributed by atoms with Gasteiger partial charge in [0.2, 0.25) is 0 Å². The van der Waals surface area contributed by atoms with Gasteiger partial charge in [0.1, 0.15) is 0 Å². The summed E-state index contributed by atoms with van der Waals surface area (Å²) in [4.78, 5) is 25.0. The number of nitrogens with one attached hydrogen (secondary N) is 1. The van der Waals surface area contributed by atoms with Crippen molar-refractivity contribution in [1.29, 1.82) is 0 Å². The Bertz CT molecular complexity index is 692. The number of aliphatic carboxylic acids is 1. The normalized spacial score (nSPS) is 11.7. The summed E-state index contributed by atoms with van der Waals surface area (Å²) in [5.74, 6) is -2.81. The Balaban J connectivity index is 0.000000412. The summed E-state index contributed by atoms with van der Waals surface area (Å²) in [7, 11) is 0. The van der Waals surface area contributed by atoms with Gasteiger partial charge in [0.15, 0.2) is 0 Å². The van der Waals surface area contributed by atoms with Gasteiger partial charge in [-0.05, 0) is 24.1 Å². The molecule has 0 saturated carbocycles. The number of hydrogen-bond acceptors (Lipinski definition) is 3. The highest BCUT2D eigenvalue weighted by Crippen LogP contribution is 2.18. The SMILES string of the molecule is CCCC(NC(=O)c1ccncc1)c1ccccc1.O=C(O)C(F)(F)F. The van der Waals surface area contributed by atoms with Crippen LogP contribution >= 0.6 is 0 Å². The van der Waals surface area contributed by atoms with E-state index in [2.05, 4.69) is 17.2 Å². The summed E-state index contributed by atoms with van der Waals surface area (Å²) >= 11 is 0. The van der Waals surface area contributed by atoms with Gasteiger partial charge in [0, 0.05) is 18.0 Å². The number of rotatable bonds is 5. The largest absolute Gasteiger partial charge is 0.490 e. The molecule has 0 aliphatic carbocycles. The van der Waals surface area contributed by atoms with Crippen molar-refractivity contribution >= 4 is 11.9 Å². The van der Waals surface area contributed by atoms with Crippen molar-refractivity contribution in [2.24, 2.45) is 0 Å². The summed E-state index contributed by atoms with van der Waals surface area (Å²) < 4.78 is 31.7. The van der Waals surface area contributed by atoms with Crippen LogP contribution in [0.5, 0.6) is 0 Å². The Morgan fingerprint density at radius 1 is 1.12 bits per heavy atom. The summed E-state index contributed by atoms with van der Waals surface area (Å²) in [5, 5.41) is 10.2. The number of nitrogens with zero attached hydrogens (tertiary/aromatic N) is 1. The van der Waals surface area contributed by atoms with Gasteiger partial charge in [0.25, 0.3) is 5.91 Å². The molecule has 0 radical (unpaired) electrons. The first kappa shape index (κ1) is 21.1. The minimum Gasteiger partial charge on any atom is -0.475 e.